The Bertz CT molecular complexity index is 1060. The van der Waals surface area contributed by atoms with Crippen LogP contribution in [0.4, 0.5) is 5.00 Å². The second kappa shape index (κ2) is 10.5. The molecular weight excluding hydrogens is 458 g/mol. The molecule has 3 unspecified atom stereocenters. The molecule has 1 saturated carbocycles. The van der Waals surface area contributed by atoms with Crippen LogP contribution < -0.4 is 10.7 Å². The van der Waals surface area contributed by atoms with Crippen LogP contribution in [0.1, 0.15) is 66.8 Å². The van der Waals surface area contributed by atoms with Gasteiger partial charge in [0, 0.05) is 4.88 Å². The molecule has 0 radical (unpaired) electrons. The van der Waals surface area contributed by atoms with Crippen molar-refractivity contribution in [2.24, 2.45) is 16.9 Å². The third kappa shape index (κ3) is 5.06. The van der Waals surface area contributed by atoms with Crippen molar-refractivity contribution >= 4 is 46.1 Å². The average Bonchev–Trinajstić information content (AvgIpc) is 3.17. The maximum atomic E-state index is 12.6. The van der Waals surface area contributed by atoms with Gasteiger partial charge in [-0.2, -0.15) is 5.10 Å². The van der Waals surface area contributed by atoms with Crippen molar-refractivity contribution in [1.29, 1.82) is 0 Å². The van der Waals surface area contributed by atoms with Crippen LogP contribution in [-0.2, 0) is 36.7 Å². The van der Waals surface area contributed by atoms with Crippen molar-refractivity contribution in [3.63, 3.8) is 0 Å². The molecule has 10 heteroatoms. The van der Waals surface area contributed by atoms with Gasteiger partial charge in [0.1, 0.15) is 11.1 Å². The molecule has 4 rings (SSSR count). The van der Waals surface area contributed by atoms with E-state index in [2.05, 4.69) is 22.8 Å². The topological polar surface area (TPSA) is 123 Å². The highest BCUT2D eigenvalue weighted by Gasteiger charge is 2.36. The van der Waals surface area contributed by atoms with Gasteiger partial charge in [-0.05, 0) is 56.9 Å². The number of Topliss-reactive ketones (excluding diaryl/α,β-unsaturated/α-hetero) is 1. The zero-order valence-electron chi connectivity index (χ0n) is 19.3. The molecule has 0 bridgehead atoms. The third-order valence-corrected chi connectivity index (χ3v) is 7.66. The van der Waals surface area contributed by atoms with Crippen LogP contribution in [0.3, 0.4) is 0 Å². The van der Waals surface area contributed by atoms with Gasteiger partial charge in [-0.15, -0.1) is 11.3 Å². The molecule has 0 spiro atoms. The summed E-state index contributed by atoms with van der Waals surface area (Å²) in [5, 5.41) is 6.62. The Morgan fingerprint density at radius 2 is 2.03 bits per heavy atom. The first kappa shape index (κ1) is 24.1. The number of ether oxygens (including phenoxy) is 2. The number of nitrogens with one attached hydrogen (secondary N) is 2. The second-order valence-corrected chi connectivity index (χ2v) is 10.0. The minimum atomic E-state index is -1.01. The number of hydrogen-bond donors (Lipinski definition) is 2. The highest BCUT2D eigenvalue weighted by Crippen LogP contribution is 2.40. The highest BCUT2D eigenvalue weighted by atomic mass is 32.1. The van der Waals surface area contributed by atoms with Crippen LogP contribution in [0.25, 0.3) is 0 Å². The van der Waals surface area contributed by atoms with Gasteiger partial charge in [0.05, 0.1) is 36.1 Å². The average molecular weight is 488 g/mol. The maximum absolute atomic E-state index is 12.6. The van der Waals surface area contributed by atoms with Crippen molar-refractivity contribution in [1.82, 2.24) is 5.43 Å². The van der Waals surface area contributed by atoms with Crippen molar-refractivity contribution < 1.29 is 28.7 Å². The van der Waals surface area contributed by atoms with Crippen molar-refractivity contribution in [2.75, 3.05) is 11.9 Å². The lowest BCUT2D eigenvalue weighted by atomic mass is 9.80. The molecule has 34 heavy (non-hydrogen) atoms. The van der Waals surface area contributed by atoms with Gasteiger partial charge < -0.3 is 14.8 Å². The number of hydrazone groups is 1. The van der Waals surface area contributed by atoms with Crippen molar-refractivity contribution in [2.45, 2.75) is 64.9 Å². The summed E-state index contributed by atoms with van der Waals surface area (Å²) < 4.78 is 10.8. The first-order chi connectivity index (χ1) is 16.4. The van der Waals surface area contributed by atoms with E-state index in [9.17, 15) is 19.2 Å². The third-order valence-electron chi connectivity index (χ3n) is 6.49. The number of nitrogens with zero attached hydrogens (tertiary/aromatic N) is 1. The molecule has 2 N–H and O–H groups in total. The number of hydrogen-bond acceptors (Lipinski definition) is 8. The normalized spacial score (nSPS) is 23.9. The predicted octanol–water partition coefficient (Wildman–Crippen LogP) is 3.13. The van der Waals surface area contributed by atoms with E-state index in [0.717, 1.165) is 55.4 Å². The molecule has 1 aliphatic heterocycles. The number of ketones is 1. The standard InChI is InChI=1S/C24H29N3O6S/c1-3-32-24(31)19-16-9-8-13(2)10-18(16)34-23(19)26-21(29)22(30)27-25-11-14-12-33-17-7-5-4-6-15(17)20(14)28/h11-13,15,17H,3-10H2,1-2H3,(H,26,29)(H,27,30)/b25-11+. The number of allylic oxidation sites excluding steroid dienone is 1. The van der Waals surface area contributed by atoms with E-state index >= 15 is 0 Å². The summed E-state index contributed by atoms with van der Waals surface area (Å²) in [5.74, 6) is -2.24. The van der Waals surface area contributed by atoms with Gasteiger partial charge in [-0.25, -0.2) is 10.2 Å². The monoisotopic (exact) mass is 487 g/mol. The summed E-state index contributed by atoms with van der Waals surface area (Å²) in [6.45, 7) is 4.07. The lowest BCUT2D eigenvalue weighted by Gasteiger charge is -2.33. The number of amides is 2. The quantitative estimate of drug-likeness (QED) is 0.285. The van der Waals surface area contributed by atoms with E-state index < -0.39 is 17.8 Å². The zero-order valence-corrected chi connectivity index (χ0v) is 20.2. The van der Waals surface area contributed by atoms with Gasteiger partial charge in [0.25, 0.3) is 0 Å². The first-order valence-corrected chi connectivity index (χ1v) is 12.6. The summed E-state index contributed by atoms with van der Waals surface area (Å²) >= 11 is 1.30. The number of fused-ring (bicyclic) bond motifs is 2. The summed E-state index contributed by atoms with van der Waals surface area (Å²) in [5.41, 5.74) is 3.62. The smallest absolute Gasteiger partial charge is 0.341 e. The van der Waals surface area contributed by atoms with Crippen molar-refractivity contribution in [3.05, 3.63) is 27.8 Å². The Morgan fingerprint density at radius 3 is 2.82 bits per heavy atom. The molecule has 2 amide bonds. The maximum Gasteiger partial charge on any atom is 0.341 e. The van der Waals surface area contributed by atoms with Crippen LogP contribution >= 0.6 is 11.3 Å². The Balaban J connectivity index is 1.41. The van der Waals surface area contributed by atoms with Crippen LogP contribution in [0.2, 0.25) is 0 Å². The first-order valence-electron chi connectivity index (χ1n) is 11.7. The molecule has 1 fully saturated rings. The molecule has 3 aliphatic rings. The summed E-state index contributed by atoms with van der Waals surface area (Å²) in [6.07, 6.45) is 8.61. The van der Waals surface area contributed by atoms with E-state index in [-0.39, 0.29) is 30.0 Å². The van der Waals surface area contributed by atoms with Crippen LogP contribution in [-0.4, -0.2) is 42.5 Å². The van der Waals surface area contributed by atoms with Gasteiger partial charge in [0.15, 0.2) is 5.78 Å². The fourth-order valence-electron chi connectivity index (χ4n) is 4.72. The van der Waals surface area contributed by atoms with Gasteiger partial charge in [-0.3, -0.25) is 14.4 Å². The molecule has 182 valence electrons. The number of carbonyl (C=O) groups excluding carboxylic acids is 4. The number of rotatable bonds is 5. The van der Waals surface area contributed by atoms with Crippen LogP contribution in [0.15, 0.2) is 16.9 Å². The number of thiophene rings is 1. The SMILES string of the molecule is CCOC(=O)c1c(NC(=O)C(=O)N/N=C/C2=COC3CCCCC3C2=O)sc2c1CCC(C)C2. The van der Waals surface area contributed by atoms with Gasteiger partial charge >= 0.3 is 17.8 Å². The van der Waals surface area contributed by atoms with E-state index in [4.69, 9.17) is 9.47 Å². The minimum Gasteiger partial charge on any atom is -0.496 e. The number of carbonyl (C=O) groups is 4. The largest absolute Gasteiger partial charge is 0.496 e. The Hall–Kier alpha value is -3.01. The van der Waals surface area contributed by atoms with Gasteiger partial charge in [-0.1, -0.05) is 13.3 Å². The molecule has 2 heterocycles. The highest BCUT2D eigenvalue weighted by molar-refractivity contribution is 7.17. The molecule has 1 aromatic rings. The minimum absolute atomic E-state index is 0.0594. The van der Waals surface area contributed by atoms with E-state index in [1.165, 1.54) is 23.8 Å². The van der Waals surface area contributed by atoms with Gasteiger partial charge in [0.2, 0.25) is 0 Å². The molecular formula is C24H29N3O6S. The Morgan fingerprint density at radius 1 is 1.24 bits per heavy atom. The summed E-state index contributed by atoms with van der Waals surface area (Å²) in [4.78, 5) is 51.0. The molecule has 3 atom stereocenters. The van der Waals surface area contributed by atoms with Crippen LogP contribution in [0, 0.1) is 11.8 Å². The molecule has 0 aromatic carbocycles. The predicted molar refractivity (Wildman–Crippen MR) is 127 cm³/mol. The number of esters is 1. The zero-order chi connectivity index (χ0) is 24.2. The summed E-state index contributed by atoms with van der Waals surface area (Å²) in [7, 11) is 0. The van der Waals surface area contributed by atoms with E-state index in [1.807, 2.05) is 0 Å². The molecule has 2 aliphatic carbocycles. The lowest BCUT2D eigenvalue weighted by molar-refractivity contribution is -0.136. The molecule has 1 aromatic heterocycles. The fourth-order valence-corrected chi connectivity index (χ4v) is 6.11. The van der Waals surface area contributed by atoms with Crippen LogP contribution in [0.5, 0.6) is 0 Å². The van der Waals surface area contributed by atoms with E-state index in [1.54, 1.807) is 6.92 Å². The lowest BCUT2D eigenvalue weighted by Crippen LogP contribution is -2.37. The molecule has 9 nitrogen and oxygen atoms in total. The number of anilines is 1. The Kier molecular flexibility index (Phi) is 7.45. The second-order valence-electron chi connectivity index (χ2n) is 8.93. The molecule has 0 saturated heterocycles. The van der Waals surface area contributed by atoms with E-state index in [0.29, 0.717) is 16.5 Å². The summed E-state index contributed by atoms with van der Waals surface area (Å²) in [6, 6.07) is 0. The Labute approximate surface area is 202 Å². The fraction of sp³-hybridized carbons (Fsp3) is 0.542. The van der Waals surface area contributed by atoms with Crippen molar-refractivity contribution in [3.8, 4) is 0 Å².